The molecule has 0 fully saturated rings. The van der Waals surface area contributed by atoms with E-state index in [-0.39, 0.29) is 5.38 Å². The number of alkyl halides is 1. The van der Waals surface area contributed by atoms with Crippen molar-refractivity contribution in [3.63, 3.8) is 0 Å². The second kappa shape index (κ2) is 6.05. The smallest absolute Gasteiger partial charge is 0.0838 e. The zero-order valence-corrected chi connectivity index (χ0v) is 14.3. The fourth-order valence-electron chi connectivity index (χ4n) is 1.93. The third-order valence-electron chi connectivity index (χ3n) is 3.06. The summed E-state index contributed by atoms with van der Waals surface area (Å²) in [5.41, 5.74) is 4.33. The average Bonchev–Trinajstić information content (AvgIpc) is 2.36. The van der Waals surface area contributed by atoms with Crippen LogP contribution in [0.1, 0.15) is 27.6 Å². The Labute approximate surface area is 136 Å². The maximum atomic E-state index is 6.57. The van der Waals surface area contributed by atoms with Crippen LogP contribution in [0.3, 0.4) is 0 Å². The molecule has 0 radical (unpaired) electrons. The van der Waals surface area contributed by atoms with Crippen molar-refractivity contribution in [2.45, 2.75) is 19.2 Å². The Balaban J connectivity index is 2.46. The normalized spacial score (nSPS) is 12.5. The summed E-state index contributed by atoms with van der Waals surface area (Å²) < 4.78 is 1.09. The standard InChI is InChI=1S/C15H12BrCl3/c1-8-6-12(16)9(2)5-11(8)15(19)10-3-4-13(17)14(18)7-10/h3-7,15H,1-2H3. The van der Waals surface area contributed by atoms with Crippen molar-refractivity contribution >= 4 is 50.7 Å². The number of hydrogen-bond acceptors (Lipinski definition) is 0. The number of rotatable bonds is 2. The van der Waals surface area contributed by atoms with Gasteiger partial charge in [-0.2, -0.15) is 0 Å². The number of aryl methyl sites for hydroxylation is 2. The molecular weight excluding hydrogens is 366 g/mol. The summed E-state index contributed by atoms with van der Waals surface area (Å²) in [7, 11) is 0. The van der Waals surface area contributed by atoms with Crippen LogP contribution in [0.2, 0.25) is 10.0 Å². The molecule has 0 amide bonds. The van der Waals surface area contributed by atoms with Gasteiger partial charge in [-0.05, 0) is 54.3 Å². The van der Waals surface area contributed by atoms with Crippen LogP contribution in [-0.2, 0) is 0 Å². The highest BCUT2D eigenvalue weighted by atomic mass is 79.9. The fourth-order valence-corrected chi connectivity index (χ4v) is 3.06. The molecule has 2 aromatic rings. The molecule has 0 N–H and O–H groups in total. The molecule has 2 aromatic carbocycles. The second-order valence-electron chi connectivity index (χ2n) is 4.49. The van der Waals surface area contributed by atoms with Gasteiger partial charge in [-0.1, -0.05) is 51.3 Å². The molecule has 4 heteroatoms. The van der Waals surface area contributed by atoms with Crippen LogP contribution in [0.25, 0.3) is 0 Å². The van der Waals surface area contributed by atoms with Crippen LogP contribution in [0.5, 0.6) is 0 Å². The van der Waals surface area contributed by atoms with E-state index in [1.165, 1.54) is 0 Å². The molecule has 100 valence electrons. The molecule has 0 bridgehead atoms. The van der Waals surface area contributed by atoms with Crippen LogP contribution in [0.15, 0.2) is 34.8 Å². The van der Waals surface area contributed by atoms with E-state index in [0.717, 1.165) is 26.7 Å². The lowest BCUT2D eigenvalue weighted by Crippen LogP contribution is -1.98. The molecule has 0 nitrogen and oxygen atoms in total. The second-order valence-corrected chi connectivity index (χ2v) is 6.60. The van der Waals surface area contributed by atoms with Crippen molar-refractivity contribution in [3.8, 4) is 0 Å². The molecule has 2 rings (SSSR count). The Kier molecular flexibility index (Phi) is 4.84. The summed E-state index contributed by atoms with van der Waals surface area (Å²) >= 11 is 22.1. The molecule has 0 aliphatic carbocycles. The molecule has 0 heterocycles. The summed E-state index contributed by atoms with van der Waals surface area (Å²) in [6.45, 7) is 4.10. The average molecular weight is 379 g/mol. The predicted octanol–water partition coefficient (Wildman–Crippen LogP) is 6.70. The zero-order valence-electron chi connectivity index (χ0n) is 10.5. The van der Waals surface area contributed by atoms with Crippen LogP contribution < -0.4 is 0 Å². The summed E-state index contributed by atoms with van der Waals surface area (Å²) in [4.78, 5) is 0. The molecule has 19 heavy (non-hydrogen) atoms. The Morgan fingerprint density at radius 2 is 1.63 bits per heavy atom. The number of hydrogen-bond donors (Lipinski definition) is 0. The van der Waals surface area contributed by atoms with Gasteiger partial charge in [0.15, 0.2) is 0 Å². The van der Waals surface area contributed by atoms with Crippen LogP contribution in [0.4, 0.5) is 0 Å². The molecular formula is C15H12BrCl3. The fraction of sp³-hybridized carbons (Fsp3) is 0.200. The van der Waals surface area contributed by atoms with Gasteiger partial charge in [0.2, 0.25) is 0 Å². The molecule has 0 aliphatic rings. The molecule has 0 aromatic heterocycles. The van der Waals surface area contributed by atoms with Gasteiger partial charge in [-0.25, -0.2) is 0 Å². The van der Waals surface area contributed by atoms with Gasteiger partial charge in [-0.15, -0.1) is 11.6 Å². The van der Waals surface area contributed by atoms with Crippen LogP contribution in [-0.4, -0.2) is 0 Å². The zero-order chi connectivity index (χ0) is 14.2. The van der Waals surface area contributed by atoms with Crippen molar-refractivity contribution in [2.24, 2.45) is 0 Å². The third-order valence-corrected chi connectivity index (χ3v) is 5.14. The van der Waals surface area contributed by atoms with Gasteiger partial charge in [0.05, 0.1) is 15.4 Å². The quantitative estimate of drug-likeness (QED) is 0.510. The van der Waals surface area contributed by atoms with E-state index in [1.54, 1.807) is 6.07 Å². The first-order valence-corrected chi connectivity index (χ1v) is 7.74. The largest absolute Gasteiger partial charge is 0.113 e. The highest BCUT2D eigenvalue weighted by molar-refractivity contribution is 9.10. The lowest BCUT2D eigenvalue weighted by molar-refractivity contribution is 1.10. The van der Waals surface area contributed by atoms with Gasteiger partial charge in [0.25, 0.3) is 0 Å². The molecule has 0 aliphatic heterocycles. The van der Waals surface area contributed by atoms with Gasteiger partial charge in [0.1, 0.15) is 0 Å². The van der Waals surface area contributed by atoms with E-state index >= 15 is 0 Å². The van der Waals surface area contributed by atoms with Crippen molar-refractivity contribution in [1.29, 1.82) is 0 Å². The van der Waals surface area contributed by atoms with E-state index in [2.05, 4.69) is 28.1 Å². The lowest BCUT2D eigenvalue weighted by atomic mass is 9.98. The first kappa shape index (κ1) is 15.2. The summed E-state index contributed by atoms with van der Waals surface area (Å²) in [5.74, 6) is 0. The van der Waals surface area contributed by atoms with Crippen molar-refractivity contribution in [3.05, 3.63) is 67.1 Å². The predicted molar refractivity (Wildman–Crippen MR) is 87.8 cm³/mol. The Bertz CT molecular complexity index is 623. The Morgan fingerprint density at radius 1 is 0.947 bits per heavy atom. The summed E-state index contributed by atoms with van der Waals surface area (Å²) in [5, 5.41) is 0.830. The summed E-state index contributed by atoms with van der Waals surface area (Å²) in [6, 6.07) is 9.67. The molecule has 0 spiro atoms. The number of halogens is 4. The first-order valence-electron chi connectivity index (χ1n) is 5.76. The molecule has 0 saturated carbocycles. The van der Waals surface area contributed by atoms with Crippen LogP contribution >= 0.6 is 50.7 Å². The van der Waals surface area contributed by atoms with E-state index in [0.29, 0.717) is 10.0 Å². The van der Waals surface area contributed by atoms with E-state index in [4.69, 9.17) is 34.8 Å². The molecule has 1 unspecified atom stereocenters. The van der Waals surface area contributed by atoms with Gasteiger partial charge >= 0.3 is 0 Å². The van der Waals surface area contributed by atoms with E-state index < -0.39 is 0 Å². The molecule has 0 saturated heterocycles. The van der Waals surface area contributed by atoms with Crippen LogP contribution in [0, 0.1) is 13.8 Å². The highest BCUT2D eigenvalue weighted by Gasteiger charge is 2.15. The minimum atomic E-state index is -0.235. The Morgan fingerprint density at radius 3 is 2.26 bits per heavy atom. The minimum Gasteiger partial charge on any atom is -0.113 e. The van der Waals surface area contributed by atoms with E-state index in [9.17, 15) is 0 Å². The topological polar surface area (TPSA) is 0 Å². The maximum absolute atomic E-state index is 6.57. The highest BCUT2D eigenvalue weighted by Crippen LogP contribution is 2.36. The minimum absolute atomic E-state index is 0.235. The monoisotopic (exact) mass is 376 g/mol. The lowest BCUT2D eigenvalue weighted by Gasteiger charge is -2.15. The number of benzene rings is 2. The van der Waals surface area contributed by atoms with Gasteiger partial charge in [-0.3, -0.25) is 0 Å². The van der Waals surface area contributed by atoms with Gasteiger partial charge in [0, 0.05) is 4.47 Å². The Hall–Kier alpha value is -0.210. The third kappa shape index (κ3) is 3.28. The SMILES string of the molecule is Cc1cc(C(Cl)c2ccc(Cl)c(Cl)c2)c(C)cc1Br. The van der Waals surface area contributed by atoms with Crippen molar-refractivity contribution < 1.29 is 0 Å². The van der Waals surface area contributed by atoms with Gasteiger partial charge < -0.3 is 0 Å². The first-order chi connectivity index (χ1) is 8.90. The maximum Gasteiger partial charge on any atom is 0.0838 e. The molecule has 1 atom stereocenters. The van der Waals surface area contributed by atoms with Crippen molar-refractivity contribution in [1.82, 2.24) is 0 Å². The van der Waals surface area contributed by atoms with E-state index in [1.807, 2.05) is 26.0 Å². The summed E-state index contributed by atoms with van der Waals surface area (Å²) in [6.07, 6.45) is 0. The van der Waals surface area contributed by atoms with Crippen molar-refractivity contribution in [2.75, 3.05) is 0 Å².